The first-order valence-electron chi connectivity index (χ1n) is 7.93. The highest BCUT2D eigenvalue weighted by Crippen LogP contribution is 2.24. The largest absolute Gasteiger partial charge is 0.378 e. The molecule has 2 N–H and O–H groups in total. The number of carbonyl (C=O) groups is 1. The van der Waals surface area contributed by atoms with Gasteiger partial charge in [-0.3, -0.25) is 10.0 Å². The highest BCUT2D eigenvalue weighted by molar-refractivity contribution is 7.89. The van der Waals surface area contributed by atoms with E-state index in [0.29, 0.717) is 32.1 Å². The number of aromatic nitrogens is 1. The van der Waals surface area contributed by atoms with Crippen molar-refractivity contribution in [2.75, 3.05) is 37.7 Å². The molecule has 25 heavy (non-hydrogen) atoms. The minimum absolute atomic E-state index is 0.00977. The molecular weight excluding hydrogens is 348 g/mol. The number of hydrogen-bond acceptors (Lipinski definition) is 7. The van der Waals surface area contributed by atoms with Crippen LogP contribution in [0.15, 0.2) is 35.4 Å². The summed E-state index contributed by atoms with van der Waals surface area (Å²) in [5.74, 6) is -0.0729. The van der Waals surface area contributed by atoms with Crippen molar-refractivity contribution in [3.8, 4) is 0 Å². The average molecular weight is 368 g/mol. The van der Waals surface area contributed by atoms with Crippen molar-refractivity contribution in [3.63, 3.8) is 0 Å². The number of rotatable bonds is 4. The summed E-state index contributed by atoms with van der Waals surface area (Å²) < 4.78 is 32.1. The van der Waals surface area contributed by atoms with Gasteiger partial charge in [-0.05, 0) is 18.6 Å². The van der Waals surface area contributed by atoms with Crippen LogP contribution in [0.4, 0.5) is 5.82 Å². The summed E-state index contributed by atoms with van der Waals surface area (Å²) in [5, 5.41) is 8.85. The maximum Gasteiger partial charge on any atom is 0.262 e. The molecule has 0 aliphatic carbocycles. The lowest BCUT2D eigenvalue weighted by Gasteiger charge is -2.30. The zero-order valence-electron chi connectivity index (χ0n) is 13.5. The van der Waals surface area contributed by atoms with Gasteiger partial charge >= 0.3 is 0 Å². The van der Waals surface area contributed by atoms with Gasteiger partial charge < -0.3 is 9.64 Å². The molecule has 1 amide bonds. The first kappa shape index (κ1) is 17.8. The van der Waals surface area contributed by atoms with E-state index in [1.165, 1.54) is 17.7 Å². The van der Waals surface area contributed by atoms with Crippen LogP contribution in [-0.4, -0.2) is 67.7 Å². The molecule has 1 atom stereocenters. The minimum Gasteiger partial charge on any atom is -0.378 e. The smallest absolute Gasteiger partial charge is 0.262 e. The van der Waals surface area contributed by atoms with Crippen LogP contribution in [0.2, 0.25) is 0 Å². The van der Waals surface area contributed by atoms with Crippen LogP contribution >= 0.6 is 0 Å². The molecule has 0 radical (unpaired) electrons. The van der Waals surface area contributed by atoms with E-state index >= 15 is 0 Å². The number of sulfonamides is 1. The molecule has 1 fully saturated rings. The number of ether oxygens (including phenoxy) is 1. The molecular formula is C15H20N4O5S. The Labute approximate surface area is 145 Å². The van der Waals surface area contributed by atoms with E-state index in [4.69, 9.17) is 9.94 Å². The molecule has 9 nitrogen and oxygen atoms in total. The molecule has 1 aromatic rings. The van der Waals surface area contributed by atoms with Gasteiger partial charge in [0, 0.05) is 25.8 Å². The zero-order chi connectivity index (χ0) is 17.9. The summed E-state index contributed by atoms with van der Waals surface area (Å²) in [5.41, 5.74) is 1.53. The topological polar surface area (TPSA) is 112 Å². The number of nitrogens with one attached hydrogen (secondary N) is 1. The fraction of sp³-hybridized carbons (Fsp3) is 0.467. The predicted molar refractivity (Wildman–Crippen MR) is 88.6 cm³/mol. The number of hydroxylamine groups is 1. The average Bonchev–Trinajstić information content (AvgIpc) is 2.68. The van der Waals surface area contributed by atoms with E-state index in [-0.39, 0.29) is 17.9 Å². The second-order valence-corrected chi connectivity index (χ2v) is 7.62. The van der Waals surface area contributed by atoms with E-state index in [1.807, 2.05) is 4.90 Å². The van der Waals surface area contributed by atoms with Crippen molar-refractivity contribution in [1.82, 2.24) is 14.8 Å². The third kappa shape index (κ3) is 3.66. The SMILES string of the molecule is O=C(NO)[C@H]1CC=CCN1S(=O)(=O)c1ccc(N2CCOCC2)nc1. The van der Waals surface area contributed by atoms with Crippen LogP contribution in [0.1, 0.15) is 6.42 Å². The molecule has 3 heterocycles. The summed E-state index contributed by atoms with van der Waals surface area (Å²) in [6, 6.07) is 2.15. The number of amides is 1. The zero-order valence-corrected chi connectivity index (χ0v) is 14.4. The molecule has 0 bridgehead atoms. The minimum atomic E-state index is -3.91. The summed E-state index contributed by atoms with van der Waals surface area (Å²) in [6.45, 7) is 2.69. The molecule has 2 aliphatic heterocycles. The summed E-state index contributed by atoms with van der Waals surface area (Å²) in [6.07, 6.45) is 4.89. The lowest BCUT2D eigenvalue weighted by Crippen LogP contribution is -2.50. The van der Waals surface area contributed by atoms with Crippen LogP contribution in [0.3, 0.4) is 0 Å². The summed E-state index contributed by atoms with van der Waals surface area (Å²) >= 11 is 0. The molecule has 1 saturated heterocycles. The van der Waals surface area contributed by atoms with E-state index < -0.39 is 22.0 Å². The van der Waals surface area contributed by atoms with Crippen molar-refractivity contribution in [1.29, 1.82) is 0 Å². The van der Waals surface area contributed by atoms with Crippen molar-refractivity contribution >= 4 is 21.7 Å². The first-order chi connectivity index (χ1) is 12.0. The maximum atomic E-state index is 12.9. The Morgan fingerprint density at radius 3 is 2.68 bits per heavy atom. The maximum absolute atomic E-state index is 12.9. The van der Waals surface area contributed by atoms with Crippen molar-refractivity contribution < 1.29 is 23.2 Å². The number of pyridine rings is 1. The standard InChI is InChI=1S/C15H20N4O5S/c20-15(17-21)13-3-1-2-6-19(13)25(22,23)12-4-5-14(16-11-12)18-7-9-24-10-8-18/h1-2,4-5,11,13,21H,3,6-10H2,(H,17,20)/t13-/m1/s1. The molecule has 0 saturated carbocycles. The Hall–Kier alpha value is -2.01. The monoisotopic (exact) mass is 368 g/mol. The van der Waals surface area contributed by atoms with E-state index in [2.05, 4.69) is 4.98 Å². The normalized spacial score (nSPS) is 22.0. The van der Waals surface area contributed by atoms with E-state index in [1.54, 1.807) is 18.2 Å². The van der Waals surface area contributed by atoms with Crippen LogP contribution in [0.25, 0.3) is 0 Å². The third-order valence-corrected chi connectivity index (χ3v) is 6.09. The Morgan fingerprint density at radius 1 is 1.28 bits per heavy atom. The fourth-order valence-corrected chi connectivity index (χ4v) is 4.36. The van der Waals surface area contributed by atoms with Crippen molar-refractivity contribution in [2.45, 2.75) is 17.4 Å². The van der Waals surface area contributed by atoms with Crippen LogP contribution in [0, 0.1) is 0 Å². The number of carbonyl (C=O) groups excluding carboxylic acids is 1. The number of nitrogens with zero attached hydrogens (tertiary/aromatic N) is 3. The second-order valence-electron chi connectivity index (χ2n) is 5.73. The number of anilines is 1. The van der Waals surface area contributed by atoms with Gasteiger partial charge in [-0.25, -0.2) is 18.9 Å². The van der Waals surface area contributed by atoms with Crippen LogP contribution in [0.5, 0.6) is 0 Å². The Kier molecular flexibility index (Phi) is 5.33. The molecule has 2 aliphatic rings. The number of hydrogen-bond donors (Lipinski definition) is 2. The predicted octanol–water partition coefficient (Wildman–Crippen LogP) is -0.257. The van der Waals surface area contributed by atoms with Gasteiger partial charge in [0.25, 0.3) is 5.91 Å². The first-order valence-corrected chi connectivity index (χ1v) is 9.37. The fourth-order valence-electron chi connectivity index (χ4n) is 2.87. The molecule has 3 rings (SSSR count). The Balaban J connectivity index is 1.83. The van der Waals surface area contributed by atoms with Crippen LogP contribution < -0.4 is 10.4 Å². The van der Waals surface area contributed by atoms with Gasteiger partial charge in [-0.1, -0.05) is 12.2 Å². The van der Waals surface area contributed by atoms with Gasteiger partial charge in [-0.2, -0.15) is 4.31 Å². The van der Waals surface area contributed by atoms with Crippen molar-refractivity contribution in [2.24, 2.45) is 0 Å². The second kappa shape index (κ2) is 7.48. The molecule has 0 aromatic carbocycles. The lowest BCUT2D eigenvalue weighted by atomic mass is 10.1. The molecule has 10 heteroatoms. The lowest BCUT2D eigenvalue weighted by molar-refractivity contribution is -0.133. The number of morpholine rings is 1. The Morgan fingerprint density at radius 2 is 2.04 bits per heavy atom. The molecule has 1 aromatic heterocycles. The van der Waals surface area contributed by atoms with Crippen LogP contribution in [-0.2, 0) is 19.6 Å². The highest BCUT2D eigenvalue weighted by Gasteiger charge is 2.36. The molecule has 0 spiro atoms. The quantitative estimate of drug-likeness (QED) is 0.428. The molecule has 136 valence electrons. The van der Waals surface area contributed by atoms with Gasteiger partial charge in [0.05, 0.1) is 13.2 Å². The Bertz CT molecular complexity index is 744. The van der Waals surface area contributed by atoms with Gasteiger partial charge in [-0.15, -0.1) is 0 Å². The summed E-state index contributed by atoms with van der Waals surface area (Å²) in [4.78, 5) is 18.1. The molecule has 0 unspecified atom stereocenters. The van der Waals surface area contributed by atoms with Gasteiger partial charge in [0.1, 0.15) is 16.8 Å². The van der Waals surface area contributed by atoms with E-state index in [0.717, 1.165) is 4.31 Å². The van der Waals surface area contributed by atoms with E-state index in [9.17, 15) is 13.2 Å². The van der Waals surface area contributed by atoms with Crippen molar-refractivity contribution in [3.05, 3.63) is 30.5 Å². The highest BCUT2D eigenvalue weighted by atomic mass is 32.2. The summed E-state index contributed by atoms with van der Waals surface area (Å²) in [7, 11) is -3.91. The van der Waals surface area contributed by atoms with Gasteiger partial charge in [0.2, 0.25) is 10.0 Å². The van der Waals surface area contributed by atoms with Gasteiger partial charge in [0.15, 0.2) is 0 Å². The third-order valence-electron chi connectivity index (χ3n) is 4.23.